The summed E-state index contributed by atoms with van der Waals surface area (Å²) in [6.07, 6.45) is 0. The molecule has 0 fully saturated rings. The Bertz CT molecular complexity index is 1140. The summed E-state index contributed by atoms with van der Waals surface area (Å²) in [7, 11) is 4.02. The Hall–Kier alpha value is -2.93. The fourth-order valence-corrected chi connectivity index (χ4v) is 4.20. The zero-order chi connectivity index (χ0) is 21.1. The molecule has 0 bridgehead atoms. The number of ether oxygens (including phenoxy) is 2. The van der Waals surface area contributed by atoms with Gasteiger partial charge in [-0.05, 0) is 86.4 Å². The lowest BCUT2D eigenvalue weighted by molar-refractivity contribution is 0.261. The first-order valence-electron chi connectivity index (χ1n) is 9.60. The highest BCUT2D eigenvalue weighted by Crippen LogP contribution is 2.47. The lowest BCUT2D eigenvalue weighted by Gasteiger charge is -2.12. The highest BCUT2D eigenvalue weighted by atomic mass is 35.5. The zero-order valence-corrected chi connectivity index (χ0v) is 18.9. The summed E-state index contributed by atoms with van der Waals surface area (Å²) in [5.41, 5.74) is 0.937. The number of thiophene rings is 1. The van der Waals surface area contributed by atoms with E-state index in [0.29, 0.717) is 12.4 Å². The Morgan fingerprint density at radius 3 is 2.16 bits per heavy atom. The molecule has 0 saturated carbocycles. The number of hydrogen-bond donors (Lipinski definition) is 2. The van der Waals surface area contributed by atoms with E-state index in [9.17, 15) is 10.2 Å². The molecule has 1 heterocycles. The van der Waals surface area contributed by atoms with Crippen LogP contribution < -0.4 is 9.47 Å². The van der Waals surface area contributed by atoms with Crippen molar-refractivity contribution in [2.75, 3.05) is 27.2 Å². The molecule has 1 aromatic heterocycles. The maximum atomic E-state index is 9.88. The Balaban J connectivity index is 0.00000272. The van der Waals surface area contributed by atoms with Crippen molar-refractivity contribution in [1.29, 1.82) is 0 Å². The van der Waals surface area contributed by atoms with Crippen molar-refractivity contribution >= 4 is 33.8 Å². The number of benzene rings is 3. The van der Waals surface area contributed by atoms with Gasteiger partial charge in [0.05, 0.1) is 4.88 Å². The molecule has 31 heavy (non-hydrogen) atoms. The van der Waals surface area contributed by atoms with Gasteiger partial charge in [-0.3, -0.25) is 0 Å². The van der Waals surface area contributed by atoms with Crippen LogP contribution in [-0.4, -0.2) is 42.4 Å². The normalized spacial score (nSPS) is 10.8. The minimum atomic E-state index is 0. The van der Waals surface area contributed by atoms with Crippen molar-refractivity contribution in [3.05, 3.63) is 66.7 Å². The zero-order valence-electron chi connectivity index (χ0n) is 17.2. The van der Waals surface area contributed by atoms with Crippen LogP contribution in [0.5, 0.6) is 28.7 Å². The molecular weight excluding hydrogens is 434 g/mol. The molecule has 0 aliphatic heterocycles. The third-order valence-electron chi connectivity index (χ3n) is 4.61. The second kappa shape index (κ2) is 9.92. The molecule has 4 rings (SSSR count). The van der Waals surface area contributed by atoms with Crippen molar-refractivity contribution in [3.63, 3.8) is 0 Å². The van der Waals surface area contributed by atoms with Crippen molar-refractivity contribution in [2.24, 2.45) is 0 Å². The van der Waals surface area contributed by atoms with Crippen molar-refractivity contribution in [1.82, 2.24) is 4.90 Å². The molecule has 0 aliphatic rings. The van der Waals surface area contributed by atoms with Crippen molar-refractivity contribution in [3.8, 4) is 39.2 Å². The summed E-state index contributed by atoms with van der Waals surface area (Å²) in [6, 6.07) is 19.8. The first-order valence-corrected chi connectivity index (χ1v) is 10.4. The van der Waals surface area contributed by atoms with Crippen LogP contribution in [-0.2, 0) is 0 Å². The van der Waals surface area contributed by atoms with Gasteiger partial charge in [0, 0.05) is 16.6 Å². The minimum Gasteiger partial charge on any atom is -0.508 e. The molecule has 0 saturated heterocycles. The quantitative estimate of drug-likeness (QED) is 0.349. The van der Waals surface area contributed by atoms with Gasteiger partial charge in [0.25, 0.3) is 0 Å². The average molecular weight is 458 g/mol. The highest BCUT2D eigenvalue weighted by Gasteiger charge is 2.17. The number of likely N-dealkylation sites (N-methyl/N-ethyl adjacent to an activating group) is 1. The number of halogens is 1. The van der Waals surface area contributed by atoms with Crippen molar-refractivity contribution < 1.29 is 19.7 Å². The van der Waals surface area contributed by atoms with Crippen LogP contribution in [0.3, 0.4) is 0 Å². The summed E-state index contributed by atoms with van der Waals surface area (Å²) < 4.78 is 13.0. The third-order valence-corrected chi connectivity index (χ3v) is 5.79. The van der Waals surface area contributed by atoms with Gasteiger partial charge in [-0.2, -0.15) is 0 Å². The smallest absolute Gasteiger partial charge is 0.153 e. The standard InChI is InChI=1S/C24H23NO4S.ClH/c1-25(2)13-14-28-19-8-10-20(11-9-19)29-23-21-12-7-18(27)15-22(21)30-24(23)16-3-5-17(26)6-4-16;/h3-12,15,26-27H,13-14H2,1-2H3;1H. The second-order valence-electron chi connectivity index (χ2n) is 7.21. The molecule has 0 unspecified atom stereocenters. The fourth-order valence-electron chi connectivity index (χ4n) is 3.03. The maximum absolute atomic E-state index is 9.88. The van der Waals surface area contributed by atoms with E-state index in [1.807, 2.05) is 56.6 Å². The van der Waals surface area contributed by atoms with Crippen LogP contribution in [0.1, 0.15) is 0 Å². The molecule has 0 radical (unpaired) electrons. The SMILES string of the molecule is CN(C)CCOc1ccc(Oc2c(-c3ccc(O)cc3)sc3cc(O)ccc23)cc1.Cl. The van der Waals surface area contributed by atoms with Crippen LogP contribution in [0.25, 0.3) is 20.5 Å². The Labute approximate surface area is 191 Å². The van der Waals surface area contributed by atoms with E-state index in [-0.39, 0.29) is 23.9 Å². The summed E-state index contributed by atoms with van der Waals surface area (Å²) in [4.78, 5) is 3.00. The molecule has 5 nitrogen and oxygen atoms in total. The first kappa shape index (κ1) is 22.7. The van der Waals surface area contributed by atoms with E-state index >= 15 is 0 Å². The monoisotopic (exact) mass is 457 g/mol. The molecule has 3 aromatic carbocycles. The number of hydrogen-bond acceptors (Lipinski definition) is 6. The fraction of sp³-hybridized carbons (Fsp3) is 0.167. The van der Waals surface area contributed by atoms with Crippen LogP contribution in [0.4, 0.5) is 0 Å². The summed E-state index contributed by atoms with van der Waals surface area (Å²) in [5.74, 6) is 2.64. The van der Waals surface area contributed by atoms with E-state index < -0.39 is 0 Å². The molecule has 2 N–H and O–H groups in total. The number of phenols is 2. The van der Waals surface area contributed by atoms with E-state index in [1.165, 1.54) is 11.3 Å². The van der Waals surface area contributed by atoms with Crippen LogP contribution >= 0.6 is 23.7 Å². The second-order valence-corrected chi connectivity index (χ2v) is 8.27. The van der Waals surface area contributed by atoms with Gasteiger partial charge >= 0.3 is 0 Å². The summed E-state index contributed by atoms with van der Waals surface area (Å²) in [6.45, 7) is 1.47. The molecule has 0 atom stereocenters. The first-order chi connectivity index (χ1) is 14.5. The molecule has 162 valence electrons. The summed E-state index contributed by atoms with van der Waals surface area (Å²) >= 11 is 1.54. The lowest BCUT2D eigenvalue weighted by Crippen LogP contribution is -2.19. The lowest BCUT2D eigenvalue weighted by atomic mass is 10.1. The molecule has 0 spiro atoms. The predicted octanol–water partition coefficient (Wildman–Crippen LogP) is 6.13. The van der Waals surface area contributed by atoms with Crippen LogP contribution in [0.15, 0.2) is 66.7 Å². The molecule has 4 aromatic rings. The molecule has 0 aliphatic carbocycles. The van der Waals surface area contributed by atoms with E-state index in [0.717, 1.165) is 38.6 Å². The number of phenolic OH excluding ortho intramolecular Hbond substituents is 2. The van der Waals surface area contributed by atoms with Crippen LogP contribution in [0.2, 0.25) is 0 Å². The van der Waals surface area contributed by atoms with E-state index in [4.69, 9.17) is 9.47 Å². The number of nitrogens with zero attached hydrogens (tertiary/aromatic N) is 1. The predicted molar refractivity (Wildman–Crippen MR) is 128 cm³/mol. The van der Waals surface area contributed by atoms with Gasteiger partial charge in [0.1, 0.15) is 29.6 Å². The Kier molecular flexibility index (Phi) is 7.28. The Morgan fingerprint density at radius 2 is 1.48 bits per heavy atom. The van der Waals surface area contributed by atoms with Gasteiger partial charge < -0.3 is 24.6 Å². The van der Waals surface area contributed by atoms with E-state index in [2.05, 4.69) is 4.90 Å². The highest BCUT2D eigenvalue weighted by molar-refractivity contribution is 7.22. The maximum Gasteiger partial charge on any atom is 0.153 e. The van der Waals surface area contributed by atoms with Gasteiger partial charge in [0.15, 0.2) is 5.75 Å². The minimum absolute atomic E-state index is 0. The average Bonchev–Trinajstić information content (AvgIpc) is 3.07. The van der Waals surface area contributed by atoms with Gasteiger partial charge in [-0.1, -0.05) is 0 Å². The summed E-state index contributed by atoms with van der Waals surface area (Å²) in [5, 5.41) is 20.4. The molecule has 0 amide bonds. The van der Waals surface area contributed by atoms with E-state index in [1.54, 1.807) is 24.3 Å². The molecule has 7 heteroatoms. The molecular formula is C24H24ClNO4S. The van der Waals surface area contributed by atoms with Gasteiger partial charge in [-0.25, -0.2) is 0 Å². The Morgan fingerprint density at radius 1 is 0.839 bits per heavy atom. The largest absolute Gasteiger partial charge is 0.508 e. The number of aromatic hydroxyl groups is 2. The van der Waals surface area contributed by atoms with Gasteiger partial charge in [0.2, 0.25) is 0 Å². The van der Waals surface area contributed by atoms with Crippen molar-refractivity contribution in [2.45, 2.75) is 0 Å². The third kappa shape index (κ3) is 5.41. The number of rotatable bonds is 7. The van der Waals surface area contributed by atoms with Gasteiger partial charge in [-0.15, -0.1) is 23.7 Å². The number of fused-ring (bicyclic) bond motifs is 1. The topological polar surface area (TPSA) is 62.2 Å². The van der Waals surface area contributed by atoms with Crippen LogP contribution in [0, 0.1) is 0 Å².